The van der Waals surface area contributed by atoms with Gasteiger partial charge in [-0.2, -0.15) is 11.8 Å². The van der Waals surface area contributed by atoms with Gasteiger partial charge in [0, 0.05) is 23.4 Å². The van der Waals surface area contributed by atoms with E-state index < -0.39 is 40.2 Å². The molecule has 0 radical (unpaired) electrons. The molecule has 2 aromatic rings. The quantitative estimate of drug-likeness (QED) is 0.364. The molecular weight excluding hydrogens is 460 g/mol. The number of carbonyl (C=O) groups excluding carboxylic acids is 3. The zero-order chi connectivity index (χ0) is 24.2. The van der Waals surface area contributed by atoms with E-state index >= 15 is 0 Å². The topological polar surface area (TPSA) is 131 Å². The summed E-state index contributed by atoms with van der Waals surface area (Å²) < 4.78 is 5.30. The molecule has 10 nitrogen and oxygen atoms in total. The Morgan fingerprint density at radius 3 is 2.65 bits per heavy atom. The third-order valence-corrected chi connectivity index (χ3v) is 7.51. The van der Waals surface area contributed by atoms with Crippen LogP contribution in [0.25, 0.3) is 0 Å². The molecule has 4 atom stereocenters. The van der Waals surface area contributed by atoms with Gasteiger partial charge in [0.2, 0.25) is 17.7 Å². The Morgan fingerprint density at radius 1 is 1.18 bits per heavy atom. The average Bonchev–Trinajstić information content (AvgIpc) is 3.41. The van der Waals surface area contributed by atoms with Crippen molar-refractivity contribution >= 4 is 46.5 Å². The lowest BCUT2D eigenvalue weighted by molar-refractivity contribution is -0.384. The van der Waals surface area contributed by atoms with Crippen molar-refractivity contribution < 1.29 is 24.0 Å². The summed E-state index contributed by atoms with van der Waals surface area (Å²) in [5, 5.41) is 17.4. The highest BCUT2D eigenvalue weighted by Gasteiger charge is 2.70. The molecule has 0 saturated carbocycles. The van der Waals surface area contributed by atoms with E-state index in [1.165, 1.54) is 25.3 Å². The first-order chi connectivity index (χ1) is 16.3. The highest BCUT2D eigenvalue weighted by Crippen LogP contribution is 2.54. The second-order valence-corrected chi connectivity index (χ2v) is 9.45. The largest absolute Gasteiger partial charge is 0.494 e. The van der Waals surface area contributed by atoms with Crippen molar-refractivity contribution in [1.82, 2.24) is 5.32 Å². The predicted octanol–water partition coefficient (Wildman–Crippen LogP) is 2.28. The number of para-hydroxylation sites is 1. The number of benzene rings is 2. The number of methoxy groups -OCH3 is 1. The van der Waals surface area contributed by atoms with Crippen LogP contribution in [0.3, 0.4) is 0 Å². The van der Waals surface area contributed by atoms with Crippen LogP contribution in [-0.4, -0.2) is 47.8 Å². The number of non-ortho nitro benzene ring substituents is 1. The molecule has 3 aliphatic rings. The van der Waals surface area contributed by atoms with Crippen LogP contribution in [0.15, 0.2) is 42.5 Å². The van der Waals surface area contributed by atoms with E-state index in [1.807, 2.05) is 6.26 Å². The SMILES string of the molecule is COc1cc([N+](=O)[O-])ccc1N1C(=O)[C@@H]2[C@H](CCSC)N[C@@]3(C(=O)Nc4ccccc43)[C@H]2C1=O. The summed E-state index contributed by atoms with van der Waals surface area (Å²) in [6, 6.07) is 10.5. The molecule has 11 heteroatoms. The number of nitro benzene ring substituents is 1. The van der Waals surface area contributed by atoms with Crippen molar-refractivity contribution in [2.24, 2.45) is 11.8 Å². The number of hydrogen-bond donors (Lipinski definition) is 2. The number of anilines is 2. The van der Waals surface area contributed by atoms with E-state index in [0.29, 0.717) is 17.7 Å². The van der Waals surface area contributed by atoms with Crippen molar-refractivity contribution in [2.45, 2.75) is 18.0 Å². The number of amides is 3. The molecule has 0 aromatic heterocycles. The minimum atomic E-state index is -1.38. The fourth-order valence-corrected chi connectivity index (χ4v) is 5.94. The first-order valence-electron chi connectivity index (χ1n) is 10.7. The lowest BCUT2D eigenvalue weighted by Crippen LogP contribution is -2.53. The Labute approximate surface area is 199 Å². The van der Waals surface area contributed by atoms with E-state index in [4.69, 9.17) is 4.74 Å². The number of nitrogens with one attached hydrogen (secondary N) is 2. The molecule has 3 aliphatic heterocycles. The van der Waals surface area contributed by atoms with Crippen LogP contribution in [-0.2, 0) is 19.9 Å². The standard InChI is InChI=1S/C23H22N4O6S/c1-33-17-11-12(27(31)32)7-8-16(17)26-20(28)18-15(9-10-34-2)25-23(19(18)21(26)29)13-5-3-4-6-14(13)24-22(23)30/h3-8,11,15,18-19,25H,9-10H2,1-2H3,(H,24,30)/t15-,18+,19+,23+/m0/s1. The zero-order valence-electron chi connectivity index (χ0n) is 18.4. The second-order valence-electron chi connectivity index (χ2n) is 8.47. The maximum atomic E-state index is 13.9. The molecule has 2 fully saturated rings. The van der Waals surface area contributed by atoms with Crippen molar-refractivity contribution in [2.75, 3.05) is 29.3 Å². The highest BCUT2D eigenvalue weighted by atomic mass is 32.2. The minimum Gasteiger partial charge on any atom is -0.494 e. The number of nitro groups is 1. The Morgan fingerprint density at radius 2 is 1.94 bits per heavy atom. The molecule has 0 unspecified atom stereocenters. The number of rotatable bonds is 6. The van der Waals surface area contributed by atoms with Crippen LogP contribution in [0.5, 0.6) is 5.75 Å². The first kappa shape index (κ1) is 22.4. The van der Waals surface area contributed by atoms with Gasteiger partial charge in [-0.05, 0) is 30.6 Å². The van der Waals surface area contributed by atoms with Crippen molar-refractivity contribution in [1.29, 1.82) is 0 Å². The summed E-state index contributed by atoms with van der Waals surface area (Å²) >= 11 is 1.62. The van der Waals surface area contributed by atoms with Crippen LogP contribution in [0.4, 0.5) is 17.1 Å². The number of thioether (sulfide) groups is 1. The van der Waals surface area contributed by atoms with E-state index in [2.05, 4.69) is 10.6 Å². The van der Waals surface area contributed by atoms with Crippen LogP contribution in [0, 0.1) is 22.0 Å². The van der Waals surface area contributed by atoms with Crippen LogP contribution >= 0.6 is 11.8 Å². The molecule has 0 bridgehead atoms. The third kappa shape index (κ3) is 2.96. The lowest BCUT2D eigenvalue weighted by Gasteiger charge is -2.29. The smallest absolute Gasteiger partial charge is 0.273 e. The van der Waals surface area contributed by atoms with Crippen molar-refractivity contribution in [3.63, 3.8) is 0 Å². The van der Waals surface area contributed by atoms with E-state index in [-0.39, 0.29) is 23.0 Å². The van der Waals surface area contributed by atoms with Gasteiger partial charge in [0.25, 0.3) is 5.69 Å². The van der Waals surface area contributed by atoms with Crippen molar-refractivity contribution in [3.8, 4) is 5.75 Å². The normalized spacial score (nSPS) is 27.2. The highest BCUT2D eigenvalue weighted by molar-refractivity contribution is 7.98. The number of nitrogens with zero attached hydrogens (tertiary/aromatic N) is 2. The van der Waals surface area contributed by atoms with Gasteiger partial charge in [-0.15, -0.1) is 0 Å². The maximum absolute atomic E-state index is 13.9. The van der Waals surface area contributed by atoms with E-state index in [9.17, 15) is 24.5 Å². The summed E-state index contributed by atoms with van der Waals surface area (Å²) in [5.41, 5.74) is -0.223. The summed E-state index contributed by atoms with van der Waals surface area (Å²) in [6.45, 7) is 0. The van der Waals surface area contributed by atoms with Crippen molar-refractivity contribution in [3.05, 3.63) is 58.1 Å². The Bertz CT molecular complexity index is 1240. The second kappa shape index (κ2) is 8.10. The van der Waals surface area contributed by atoms with Crippen LogP contribution in [0.1, 0.15) is 12.0 Å². The average molecular weight is 483 g/mol. The summed E-state index contributed by atoms with van der Waals surface area (Å²) in [6.07, 6.45) is 2.54. The van der Waals surface area contributed by atoms with Crippen LogP contribution < -0.4 is 20.3 Å². The maximum Gasteiger partial charge on any atom is 0.273 e. The van der Waals surface area contributed by atoms with E-state index in [0.717, 1.165) is 10.7 Å². The molecule has 0 aliphatic carbocycles. The van der Waals surface area contributed by atoms with Gasteiger partial charge >= 0.3 is 0 Å². The molecule has 2 saturated heterocycles. The van der Waals surface area contributed by atoms with Gasteiger partial charge in [0.05, 0.1) is 35.6 Å². The van der Waals surface area contributed by atoms with E-state index in [1.54, 1.807) is 36.0 Å². The summed E-state index contributed by atoms with van der Waals surface area (Å²) in [7, 11) is 1.32. The monoisotopic (exact) mass is 482 g/mol. The predicted molar refractivity (Wildman–Crippen MR) is 126 cm³/mol. The molecule has 3 heterocycles. The molecule has 2 N–H and O–H groups in total. The Hall–Kier alpha value is -3.44. The first-order valence-corrected chi connectivity index (χ1v) is 12.1. The molecule has 5 rings (SSSR count). The number of fused-ring (bicyclic) bond motifs is 4. The molecule has 1 spiro atoms. The van der Waals surface area contributed by atoms with Gasteiger partial charge in [0.1, 0.15) is 11.3 Å². The Balaban J connectivity index is 1.64. The van der Waals surface area contributed by atoms with Gasteiger partial charge in [-0.25, -0.2) is 4.90 Å². The van der Waals surface area contributed by atoms with Gasteiger partial charge in [-0.1, -0.05) is 18.2 Å². The number of hydrogen-bond acceptors (Lipinski definition) is 8. The number of carbonyl (C=O) groups is 3. The number of imide groups is 1. The summed E-state index contributed by atoms with van der Waals surface area (Å²) in [5.74, 6) is -2.30. The minimum absolute atomic E-state index is 0.0369. The van der Waals surface area contributed by atoms with Gasteiger partial charge in [0.15, 0.2) is 0 Å². The van der Waals surface area contributed by atoms with Gasteiger partial charge < -0.3 is 10.1 Å². The molecule has 3 amide bonds. The molecule has 176 valence electrons. The summed E-state index contributed by atoms with van der Waals surface area (Å²) in [4.78, 5) is 52.7. The lowest BCUT2D eigenvalue weighted by atomic mass is 9.76. The fraction of sp³-hybridized carbons (Fsp3) is 0.348. The number of ether oxygens (including phenoxy) is 1. The Kier molecular flexibility index (Phi) is 5.33. The molecule has 34 heavy (non-hydrogen) atoms. The zero-order valence-corrected chi connectivity index (χ0v) is 19.3. The fourth-order valence-electron chi connectivity index (χ4n) is 5.45. The van der Waals surface area contributed by atoms with Gasteiger partial charge in [-0.3, -0.25) is 29.8 Å². The third-order valence-electron chi connectivity index (χ3n) is 6.87. The van der Waals surface area contributed by atoms with Crippen LogP contribution in [0.2, 0.25) is 0 Å². The molecule has 2 aromatic carbocycles. The molecular formula is C23H22N4O6S.